The maximum absolute atomic E-state index is 13.6. The van der Waals surface area contributed by atoms with Gasteiger partial charge in [0.15, 0.2) is 0 Å². The molecule has 0 saturated carbocycles. The van der Waals surface area contributed by atoms with Crippen LogP contribution in [0.1, 0.15) is 28.5 Å². The zero-order chi connectivity index (χ0) is 22.0. The first-order valence-electron chi connectivity index (χ1n) is 9.87. The number of benzene rings is 2. The van der Waals surface area contributed by atoms with E-state index in [4.69, 9.17) is 5.10 Å². The SMILES string of the molecule is CCc1cccc(-c2cc(Nc3ccc(F)cc3C(=O)O)n(-c3cccnc3C)n2)c1. The van der Waals surface area contributed by atoms with Gasteiger partial charge < -0.3 is 10.4 Å². The molecule has 0 bridgehead atoms. The summed E-state index contributed by atoms with van der Waals surface area (Å²) in [6, 6.07) is 17.3. The maximum Gasteiger partial charge on any atom is 0.337 e. The molecular weight excluding hydrogens is 395 g/mol. The van der Waals surface area contributed by atoms with E-state index in [0.29, 0.717) is 5.82 Å². The Morgan fingerprint density at radius 2 is 1.97 bits per heavy atom. The highest BCUT2D eigenvalue weighted by atomic mass is 19.1. The standard InChI is InChI=1S/C24H21FN4O2/c1-3-16-6-4-7-17(12-16)21-14-23(29(28-21)22-8-5-11-26-15(22)2)27-20-10-9-18(25)13-19(20)24(30)31/h4-14,27H,3H2,1-2H3,(H,30,31). The number of hydrogen-bond donors (Lipinski definition) is 2. The number of pyridine rings is 1. The van der Waals surface area contributed by atoms with Gasteiger partial charge in [0.1, 0.15) is 11.6 Å². The van der Waals surface area contributed by atoms with Crippen molar-refractivity contribution in [2.24, 2.45) is 0 Å². The van der Waals surface area contributed by atoms with Gasteiger partial charge in [-0.25, -0.2) is 13.9 Å². The third kappa shape index (κ3) is 4.16. The second-order valence-corrected chi connectivity index (χ2v) is 7.11. The first kappa shape index (κ1) is 20.3. The van der Waals surface area contributed by atoms with Crippen LogP contribution in [0.3, 0.4) is 0 Å². The highest BCUT2D eigenvalue weighted by Crippen LogP contribution is 2.30. The Morgan fingerprint density at radius 3 is 2.71 bits per heavy atom. The Balaban J connectivity index is 1.86. The number of carboxylic acids is 1. The molecule has 0 aliphatic heterocycles. The number of carbonyl (C=O) groups is 1. The maximum atomic E-state index is 13.6. The molecule has 31 heavy (non-hydrogen) atoms. The van der Waals surface area contributed by atoms with Crippen molar-refractivity contribution in [3.8, 4) is 16.9 Å². The predicted octanol–water partition coefficient (Wildman–Crippen LogP) is 5.39. The van der Waals surface area contributed by atoms with Gasteiger partial charge in [-0.05, 0) is 55.3 Å². The van der Waals surface area contributed by atoms with Crippen molar-refractivity contribution in [3.05, 3.63) is 89.5 Å². The molecule has 4 rings (SSSR count). The van der Waals surface area contributed by atoms with Gasteiger partial charge in [0.05, 0.1) is 28.3 Å². The molecular formula is C24H21FN4O2. The summed E-state index contributed by atoms with van der Waals surface area (Å²) in [5.41, 5.74) is 4.48. The molecule has 7 heteroatoms. The molecule has 0 atom stereocenters. The molecule has 0 spiro atoms. The second-order valence-electron chi connectivity index (χ2n) is 7.11. The van der Waals surface area contributed by atoms with E-state index >= 15 is 0 Å². The van der Waals surface area contributed by atoms with Crippen molar-refractivity contribution in [1.82, 2.24) is 14.8 Å². The van der Waals surface area contributed by atoms with Crippen LogP contribution in [0.2, 0.25) is 0 Å². The molecule has 0 aliphatic carbocycles. The van der Waals surface area contributed by atoms with Gasteiger partial charge in [0.2, 0.25) is 0 Å². The molecule has 0 fully saturated rings. The molecule has 0 radical (unpaired) electrons. The van der Waals surface area contributed by atoms with E-state index in [1.54, 1.807) is 10.9 Å². The summed E-state index contributed by atoms with van der Waals surface area (Å²) >= 11 is 0. The number of halogens is 1. The lowest BCUT2D eigenvalue weighted by Crippen LogP contribution is -2.08. The van der Waals surface area contributed by atoms with Gasteiger partial charge in [0.25, 0.3) is 0 Å². The minimum Gasteiger partial charge on any atom is -0.478 e. The number of nitrogens with one attached hydrogen (secondary N) is 1. The number of aromatic carboxylic acids is 1. The Bertz CT molecular complexity index is 1270. The van der Waals surface area contributed by atoms with Crippen LogP contribution in [0.4, 0.5) is 15.9 Å². The lowest BCUT2D eigenvalue weighted by atomic mass is 10.1. The van der Waals surface area contributed by atoms with Gasteiger partial charge in [-0.2, -0.15) is 5.10 Å². The Morgan fingerprint density at radius 1 is 1.13 bits per heavy atom. The smallest absolute Gasteiger partial charge is 0.337 e. The topological polar surface area (TPSA) is 80.0 Å². The van der Waals surface area contributed by atoms with Crippen LogP contribution in [-0.4, -0.2) is 25.8 Å². The summed E-state index contributed by atoms with van der Waals surface area (Å²) in [6.45, 7) is 3.96. The normalized spacial score (nSPS) is 10.8. The number of anilines is 2. The zero-order valence-corrected chi connectivity index (χ0v) is 17.1. The molecule has 6 nitrogen and oxygen atoms in total. The summed E-state index contributed by atoms with van der Waals surface area (Å²) < 4.78 is 15.3. The summed E-state index contributed by atoms with van der Waals surface area (Å²) in [4.78, 5) is 16.0. The van der Waals surface area contributed by atoms with Crippen molar-refractivity contribution < 1.29 is 14.3 Å². The van der Waals surface area contributed by atoms with Gasteiger partial charge in [0, 0.05) is 17.8 Å². The first-order valence-corrected chi connectivity index (χ1v) is 9.87. The first-order chi connectivity index (χ1) is 15.0. The average Bonchev–Trinajstić information content (AvgIpc) is 3.19. The highest BCUT2D eigenvalue weighted by Gasteiger charge is 2.17. The van der Waals surface area contributed by atoms with Crippen LogP contribution >= 0.6 is 0 Å². The predicted molar refractivity (Wildman–Crippen MR) is 118 cm³/mol. The third-order valence-electron chi connectivity index (χ3n) is 5.02. The monoisotopic (exact) mass is 416 g/mol. The van der Waals surface area contributed by atoms with Crippen LogP contribution in [0.5, 0.6) is 0 Å². The van der Waals surface area contributed by atoms with Crippen molar-refractivity contribution in [2.75, 3.05) is 5.32 Å². The van der Waals surface area contributed by atoms with E-state index in [-0.39, 0.29) is 11.3 Å². The van der Waals surface area contributed by atoms with Crippen LogP contribution in [0.15, 0.2) is 66.9 Å². The summed E-state index contributed by atoms with van der Waals surface area (Å²) in [7, 11) is 0. The lowest BCUT2D eigenvalue weighted by molar-refractivity contribution is 0.0697. The molecule has 0 amide bonds. The van der Waals surface area contributed by atoms with Crippen molar-refractivity contribution >= 4 is 17.5 Å². The number of carboxylic acid groups (broad SMARTS) is 1. The van der Waals surface area contributed by atoms with Crippen molar-refractivity contribution in [3.63, 3.8) is 0 Å². The number of hydrogen-bond acceptors (Lipinski definition) is 4. The summed E-state index contributed by atoms with van der Waals surface area (Å²) in [5.74, 6) is -1.29. The van der Waals surface area contributed by atoms with Crippen LogP contribution in [-0.2, 0) is 6.42 Å². The molecule has 2 heterocycles. The lowest BCUT2D eigenvalue weighted by Gasteiger charge is -2.13. The Kier molecular flexibility index (Phi) is 5.49. The molecule has 2 aromatic carbocycles. The average molecular weight is 416 g/mol. The Hall–Kier alpha value is -4.00. The molecule has 2 N–H and O–H groups in total. The fraction of sp³-hybridized carbons (Fsp3) is 0.125. The van der Waals surface area contributed by atoms with Crippen LogP contribution in [0, 0.1) is 12.7 Å². The Labute approximate surface area is 179 Å². The van der Waals surface area contributed by atoms with Crippen molar-refractivity contribution in [1.29, 1.82) is 0 Å². The molecule has 0 unspecified atom stereocenters. The van der Waals surface area contributed by atoms with Crippen LogP contribution < -0.4 is 5.32 Å². The quantitative estimate of drug-likeness (QED) is 0.441. The number of nitrogens with zero attached hydrogens (tertiary/aromatic N) is 3. The third-order valence-corrected chi connectivity index (χ3v) is 5.02. The highest BCUT2D eigenvalue weighted by molar-refractivity contribution is 5.95. The van der Waals surface area contributed by atoms with Crippen molar-refractivity contribution in [2.45, 2.75) is 20.3 Å². The zero-order valence-electron chi connectivity index (χ0n) is 17.1. The number of aryl methyl sites for hydroxylation is 2. The van der Waals surface area contributed by atoms with E-state index in [1.807, 2.05) is 37.3 Å². The summed E-state index contributed by atoms with van der Waals surface area (Å²) in [6.07, 6.45) is 2.60. The van der Waals surface area contributed by atoms with Gasteiger partial charge in [-0.3, -0.25) is 4.98 Å². The number of aromatic nitrogens is 3. The van der Waals surface area contributed by atoms with Gasteiger partial charge in [-0.15, -0.1) is 0 Å². The van der Waals surface area contributed by atoms with Gasteiger partial charge >= 0.3 is 5.97 Å². The molecule has 0 saturated heterocycles. The minimum atomic E-state index is -1.22. The van der Waals surface area contributed by atoms with E-state index in [9.17, 15) is 14.3 Å². The molecule has 0 aliphatic rings. The fourth-order valence-electron chi connectivity index (χ4n) is 3.39. The molecule has 2 aromatic heterocycles. The largest absolute Gasteiger partial charge is 0.478 e. The summed E-state index contributed by atoms with van der Waals surface area (Å²) in [5, 5.41) is 17.4. The fourth-order valence-corrected chi connectivity index (χ4v) is 3.39. The second kappa shape index (κ2) is 8.39. The van der Waals surface area contributed by atoms with E-state index in [2.05, 4.69) is 29.4 Å². The van der Waals surface area contributed by atoms with Crippen LogP contribution in [0.25, 0.3) is 16.9 Å². The van der Waals surface area contributed by atoms with E-state index in [1.165, 1.54) is 17.7 Å². The van der Waals surface area contributed by atoms with E-state index < -0.39 is 11.8 Å². The minimum absolute atomic E-state index is 0.162. The van der Waals surface area contributed by atoms with Gasteiger partial charge in [-0.1, -0.05) is 25.1 Å². The van der Waals surface area contributed by atoms with E-state index in [0.717, 1.165) is 35.1 Å². The number of rotatable bonds is 6. The molecule has 4 aromatic rings. The molecule has 156 valence electrons.